The summed E-state index contributed by atoms with van der Waals surface area (Å²) in [7, 11) is 1.84. The first-order valence-electron chi connectivity index (χ1n) is 7.97. The van der Waals surface area contributed by atoms with Crippen molar-refractivity contribution in [2.45, 2.75) is 38.5 Å². The minimum Gasteiger partial charge on any atom is -0.294 e. The van der Waals surface area contributed by atoms with Crippen molar-refractivity contribution in [3.63, 3.8) is 0 Å². The molecule has 0 fully saturated rings. The average molecular weight is 331 g/mol. The van der Waals surface area contributed by atoms with Gasteiger partial charge in [0.1, 0.15) is 5.82 Å². The van der Waals surface area contributed by atoms with Crippen LogP contribution in [-0.2, 0) is 0 Å². The normalized spacial score (nSPS) is 11.7. The number of carbonyl (C=O) groups is 1. The van der Waals surface area contributed by atoms with Crippen LogP contribution in [0.25, 0.3) is 0 Å². The smallest absolute Gasteiger partial charge is 0.162 e. The maximum absolute atomic E-state index is 13.1. The summed E-state index contributed by atoms with van der Waals surface area (Å²) in [5, 5.41) is 4.19. The molecule has 4 heteroatoms. The zero-order chi connectivity index (χ0) is 16.5. The lowest BCUT2D eigenvalue weighted by Crippen LogP contribution is -2.00. The number of benzene rings is 1. The van der Waals surface area contributed by atoms with Crippen molar-refractivity contribution < 1.29 is 9.18 Å². The van der Waals surface area contributed by atoms with Crippen LogP contribution in [-0.4, -0.2) is 18.5 Å². The molecule has 0 radical (unpaired) electrons. The van der Waals surface area contributed by atoms with Crippen LogP contribution in [0.15, 0.2) is 46.1 Å². The summed E-state index contributed by atoms with van der Waals surface area (Å²) in [6, 6.07) is 8.03. The molecule has 0 spiro atoms. The predicted octanol–water partition coefficient (Wildman–Crippen LogP) is 5.53. The van der Waals surface area contributed by atoms with Gasteiger partial charge in [-0.3, -0.25) is 9.79 Å². The quantitative estimate of drug-likeness (QED) is 0.337. The number of unbranched alkanes of at least 4 members (excludes halogenated alkanes) is 3. The van der Waals surface area contributed by atoms with Crippen LogP contribution in [0.5, 0.6) is 0 Å². The summed E-state index contributed by atoms with van der Waals surface area (Å²) in [4.78, 5) is 16.3. The summed E-state index contributed by atoms with van der Waals surface area (Å²) in [6.07, 6.45) is 5.50. The minimum absolute atomic E-state index is 0.0265. The highest BCUT2D eigenvalue weighted by Crippen LogP contribution is 2.15. The first-order chi connectivity index (χ1) is 11.2. The van der Waals surface area contributed by atoms with E-state index in [0.29, 0.717) is 12.0 Å². The second-order valence-electron chi connectivity index (χ2n) is 5.53. The van der Waals surface area contributed by atoms with E-state index in [1.54, 1.807) is 23.5 Å². The fourth-order valence-electron chi connectivity index (χ4n) is 2.55. The Hall–Kier alpha value is -1.81. The third-order valence-electron chi connectivity index (χ3n) is 3.84. The van der Waals surface area contributed by atoms with E-state index in [9.17, 15) is 9.18 Å². The lowest BCUT2D eigenvalue weighted by Gasteiger charge is -2.04. The van der Waals surface area contributed by atoms with Gasteiger partial charge in [0.2, 0.25) is 0 Å². The van der Waals surface area contributed by atoms with Gasteiger partial charge in [-0.15, -0.1) is 0 Å². The Balaban J connectivity index is 1.63. The standard InChI is InChI=1S/C19H22FNOS/c1-21-18(16-11-12-23-14-16)9-4-2-3-5-10-19(22)15-7-6-8-17(20)13-15/h6-8,11-14H,2-5,9-10H2,1H3. The number of halogens is 1. The molecule has 122 valence electrons. The van der Waals surface area contributed by atoms with Crippen molar-refractivity contribution in [1.82, 2.24) is 0 Å². The molecule has 0 aliphatic carbocycles. The molecule has 1 aromatic heterocycles. The topological polar surface area (TPSA) is 29.4 Å². The van der Waals surface area contributed by atoms with E-state index in [-0.39, 0.29) is 11.6 Å². The maximum Gasteiger partial charge on any atom is 0.162 e. The van der Waals surface area contributed by atoms with Crippen LogP contribution >= 0.6 is 11.3 Å². The van der Waals surface area contributed by atoms with Crippen LogP contribution < -0.4 is 0 Å². The third kappa shape index (κ3) is 5.71. The van der Waals surface area contributed by atoms with Crippen LogP contribution in [0, 0.1) is 5.82 Å². The van der Waals surface area contributed by atoms with Gasteiger partial charge in [0.25, 0.3) is 0 Å². The van der Waals surface area contributed by atoms with Gasteiger partial charge in [-0.05, 0) is 48.2 Å². The van der Waals surface area contributed by atoms with Crippen molar-refractivity contribution >= 4 is 22.8 Å². The summed E-state index contributed by atoms with van der Waals surface area (Å²) < 4.78 is 13.1. The van der Waals surface area contributed by atoms with Crippen molar-refractivity contribution in [2.75, 3.05) is 7.05 Å². The second kappa shape index (κ2) is 9.36. The minimum atomic E-state index is -0.351. The molecule has 0 unspecified atom stereocenters. The molecule has 0 aliphatic heterocycles. The fraction of sp³-hybridized carbons (Fsp3) is 0.368. The number of hydrogen-bond acceptors (Lipinski definition) is 3. The van der Waals surface area contributed by atoms with E-state index in [4.69, 9.17) is 0 Å². The molecule has 0 saturated carbocycles. The van der Waals surface area contributed by atoms with E-state index < -0.39 is 0 Å². The number of thiophene rings is 1. The molecule has 2 aromatic rings. The fourth-order valence-corrected chi connectivity index (χ4v) is 3.22. The molecule has 0 N–H and O–H groups in total. The first-order valence-corrected chi connectivity index (χ1v) is 8.92. The summed E-state index contributed by atoms with van der Waals surface area (Å²) in [5.41, 5.74) is 2.85. The summed E-state index contributed by atoms with van der Waals surface area (Å²) >= 11 is 1.69. The Morgan fingerprint density at radius 3 is 2.52 bits per heavy atom. The van der Waals surface area contributed by atoms with Crippen LogP contribution in [0.2, 0.25) is 0 Å². The van der Waals surface area contributed by atoms with Gasteiger partial charge in [0.05, 0.1) is 0 Å². The van der Waals surface area contributed by atoms with Crippen LogP contribution in [0.4, 0.5) is 4.39 Å². The molecule has 2 rings (SSSR count). The number of nitrogens with zero attached hydrogens (tertiary/aromatic N) is 1. The van der Waals surface area contributed by atoms with Gasteiger partial charge in [0, 0.05) is 30.3 Å². The maximum atomic E-state index is 13.1. The monoisotopic (exact) mass is 331 g/mol. The highest BCUT2D eigenvalue weighted by molar-refractivity contribution is 7.08. The molecule has 1 aromatic carbocycles. The lowest BCUT2D eigenvalue weighted by molar-refractivity contribution is 0.0978. The number of aliphatic imine (C=N–C) groups is 1. The van der Waals surface area contributed by atoms with Gasteiger partial charge in [-0.1, -0.05) is 25.0 Å². The van der Waals surface area contributed by atoms with Gasteiger partial charge < -0.3 is 0 Å². The van der Waals surface area contributed by atoms with Gasteiger partial charge in [0.15, 0.2) is 5.78 Å². The Kier molecular flexibility index (Phi) is 7.14. The Morgan fingerprint density at radius 1 is 1.09 bits per heavy atom. The largest absolute Gasteiger partial charge is 0.294 e. The summed E-state index contributed by atoms with van der Waals surface area (Å²) in [5.74, 6) is -0.325. The van der Waals surface area contributed by atoms with Crippen molar-refractivity contribution in [3.8, 4) is 0 Å². The van der Waals surface area contributed by atoms with E-state index in [1.807, 2.05) is 7.05 Å². The molecule has 0 bridgehead atoms. The van der Waals surface area contributed by atoms with Crippen LogP contribution in [0.1, 0.15) is 54.4 Å². The third-order valence-corrected chi connectivity index (χ3v) is 4.52. The molecule has 0 saturated heterocycles. The lowest BCUT2D eigenvalue weighted by atomic mass is 10.0. The molecule has 2 nitrogen and oxygen atoms in total. The number of rotatable bonds is 9. The van der Waals surface area contributed by atoms with E-state index in [0.717, 1.165) is 37.8 Å². The zero-order valence-electron chi connectivity index (χ0n) is 13.4. The number of carbonyl (C=O) groups excluding carboxylic acids is 1. The van der Waals surface area contributed by atoms with Crippen molar-refractivity contribution in [3.05, 3.63) is 58.0 Å². The molecular formula is C19H22FNOS. The first kappa shape index (κ1) is 17.5. The Bertz CT molecular complexity index is 649. The van der Waals surface area contributed by atoms with Gasteiger partial charge >= 0.3 is 0 Å². The van der Waals surface area contributed by atoms with Crippen LogP contribution in [0.3, 0.4) is 0 Å². The molecule has 0 atom stereocenters. The van der Waals surface area contributed by atoms with Gasteiger partial charge in [-0.25, -0.2) is 4.39 Å². The predicted molar refractivity (Wildman–Crippen MR) is 95.2 cm³/mol. The highest BCUT2D eigenvalue weighted by Gasteiger charge is 2.07. The zero-order valence-corrected chi connectivity index (χ0v) is 14.2. The second-order valence-corrected chi connectivity index (χ2v) is 6.31. The molecule has 1 heterocycles. The van der Waals surface area contributed by atoms with E-state index in [1.165, 1.54) is 17.7 Å². The SMILES string of the molecule is CN=C(CCCCCCC(=O)c1cccc(F)c1)c1ccsc1. The number of Topliss-reactive ketones (excluding diaryl/α,β-unsaturated/α-hetero) is 1. The Labute approximate surface area is 141 Å². The summed E-state index contributed by atoms with van der Waals surface area (Å²) in [6.45, 7) is 0. The average Bonchev–Trinajstić information content (AvgIpc) is 3.08. The highest BCUT2D eigenvalue weighted by atomic mass is 32.1. The number of hydrogen-bond donors (Lipinski definition) is 0. The van der Waals surface area contributed by atoms with Crippen molar-refractivity contribution in [1.29, 1.82) is 0 Å². The molecule has 0 amide bonds. The van der Waals surface area contributed by atoms with E-state index >= 15 is 0 Å². The van der Waals surface area contributed by atoms with E-state index in [2.05, 4.69) is 21.8 Å². The van der Waals surface area contributed by atoms with Gasteiger partial charge in [-0.2, -0.15) is 11.3 Å². The molecule has 23 heavy (non-hydrogen) atoms. The molecule has 0 aliphatic rings. The molecular weight excluding hydrogens is 309 g/mol. The number of ketones is 1. The Morgan fingerprint density at radius 2 is 1.87 bits per heavy atom. The van der Waals surface area contributed by atoms with Crippen molar-refractivity contribution in [2.24, 2.45) is 4.99 Å².